The summed E-state index contributed by atoms with van der Waals surface area (Å²) < 4.78 is 21.7. The van der Waals surface area contributed by atoms with E-state index in [0.29, 0.717) is 0 Å². The monoisotopic (exact) mass is 609 g/mol. The molecule has 3 aromatic heterocycles. The third kappa shape index (κ3) is 6.52. The first-order valence-corrected chi connectivity index (χ1v) is 10.2. The number of pyridine rings is 3. The third-order valence-corrected chi connectivity index (χ3v) is 4.79. The molecule has 0 aliphatic carbocycles. The van der Waals surface area contributed by atoms with Crippen molar-refractivity contribution < 1.29 is 24.2 Å². The average molecular weight is 609 g/mol. The van der Waals surface area contributed by atoms with E-state index in [1.54, 1.807) is 24.4 Å². The van der Waals surface area contributed by atoms with Crippen LogP contribution in [-0.2, 0) is 20.1 Å². The molecule has 0 spiro atoms. The molecule has 0 unspecified atom stereocenters. The van der Waals surface area contributed by atoms with Gasteiger partial charge in [0.25, 0.3) is 0 Å². The van der Waals surface area contributed by atoms with Crippen molar-refractivity contribution >= 4 is 0 Å². The van der Waals surface area contributed by atoms with Crippen LogP contribution in [0.1, 0.15) is 15.2 Å². The fourth-order valence-electron chi connectivity index (χ4n) is 3.15. The Kier molecular flexibility index (Phi) is 7.31. The van der Waals surface area contributed by atoms with Gasteiger partial charge in [0.1, 0.15) is 0 Å². The molecule has 0 bridgehead atoms. The predicted octanol–water partition coefficient (Wildman–Crippen LogP) is 6.77. The van der Waals surface area contributed by atoms with E-state index in [1.165, 1.54) is 11.8 Å². The summed E-state index contributed by atoms with van der Waals surface area (Å²) in [6.45, 7) is -0.00986. The van der Waals surface area contributed by atoms with Gasteiger partial charge in [-0.1, -0.05) is 24.3 Å². The fourth-order valence-corrected chi connectivity index (χ4v) is 3.15. The summed E-state index contributed by atoms with van der Waals surface area (Å²) in [4.78, 5) is 13.0. The Morgan fingerprint density at radius 3 is 1.94 bits per heavy atom. The number of aryl methyl sites for hydroxylation is 2. The minimum Gasteiger partial charge on any atom is -0.304 e. The molecule has 0 aliphatic rings. The molecular formula is C29H23IrN3-2. The van der Waals surface area contributed by atoms with Gasteiger partial charge in [0.05, 0.1) is 5.69 Å². The molecule has 0 fully saturated rings. The molecule has 4 heteroatoms. The van der Waals surface area contributed by atoms with E-state index >= 15 is 0 Å². The average Bonchev–Trinajstić information content (AvgIpc) is 2.90. The summed E-state index contributed by atoms with van der Waals surface area (Å²) in [5.74, 6) is 0. The molecule has 0 atom stereocenters. The van der Waals surface area contributed by atoms with Gasteiger partial charge in [-0.25, -0.2) is 0 Å². The normalized spacial score (nSPS) is 11.6. The van der Waals surface area contributed by atoms with Gasteiger partial charge in [-0.3, -0.25) is 4.98 Å². The molecule has 5 rings (SSSR count). The van der Waals surface area contributed by atoms with E-state index < -0.39 is 6.85 Å². The summed E-state index contributed by atoms with van der Waals surface area (Å²) in [5, 5.41) is 0. The first-order valence-electron chi connectivity index (χ1n) is 11.7. The van der Waals surface area contributed by atoms with Crippen molar-refractivity contribution in [3.8, 4) is 33.8 Å². The summed E-state index contributed by atoms with van der Waals surface area (Å²) in [6.07, 6.45) is 5.07. The van der Waals surface area contributed by atoms with E-state index in [1.807, 2.05) is 66.9 Å². The number of rotatable bonds is 3. The van der Waals surface area contributed by atoms with Crippen molar-refractivity contribution in [2.45, 2.75) is 13.8 Å². The standard InChI is InChI=1S/C17H13N2.C12H10N.Ir/c1-13-11-17(14-7-3-2-4-8-14)19-12-15(13)16-9-5-6-10-18-16;1-10-7-8-12(13-9-10)11-5-3-2-4-6-11;/h2-7,9-12H,1H3;2-5,7-9H,1H3;/q2*-1;/i;1D3;. The van der Waals surface area contributed by atoms with Crippen molar-refractivity contribution in [1.29, 1.82) is 0 Å². The van der Waals surface area contributed by atoms with Gasteiger partial charge in [-0.05, 0) is 48.4 Å². The van der Waals surface area contributed by atoms with Gasteiger partial charge in [0.15, 0.2) is 0 Å². The SMILES string of the molecule is Cc1cc(-c2[c-]cccc2)ncc1-c1ccccn1.[2H]C([2H])([2H])c1ccc(-c2[c-]cccc2)nc1.[Ir]. The number of hydrogen-bond acceptors (Lipinski definition) is 3. The molecule has 0 saturated heterocycles. The summed E-state index contributed by atoms with van der Waals surface area (Å²) in [6, 6.07) is 32.8. The molecule has 165 valence electrons. The van der Waals surface area contributed by atoms with Crippen LogP contribution in [0.15, 0.2) is 104 Å². The van der Waals surface area contributed by atoms with Crippen molar-refractivity contribution in [2.75, 3.05) is 0 Å². The molecular weight excluding hydrogens is 583 g/mol. The summed E-state index contributed by atoms with van der Waals surface area (Å²) in [7, 11) is 0. The van der Waals surface area contributed by atoms with Gasteiger partial charge in [0.2, 0.25) is 0 Å². The zero-order valence-electron chi connectivity index (χ0n) is 21.0. The third-order valence-electron chi connectivity index (χ3n) is 4.79. The molecule has 1 radical (unpaired) electrons. The maximum Gasteiger partial charge on any atom is 0.0719 e. The first kappa shape index (κ1) is 20.2. The predicted molar refractivity (Wildman–Crippen MR) is 130 cm³/mol. The van der Waals surface area contributed by atoms with Crippen LogP contribution in [0.4, 0.5) is 0 Å². The van der Waals surface area contributed by atoms with Crippen LogP contribution in [0.5, 0.6) is 0 Å². The van der Waals surface area contributed by atoms with Gasteiger partial charge in [-0.15, -0.1) is 71.8 Å². The Bertz CT molecular complexity index is 1360. The summed E-state index contributed by atoms with van der Waals surface area (Å²) in [5.41, 5.74) is 6.99. The van der Waals surface area contributed by atoms with Crippen LogP contribution < -0.4 is 0 Å². The van der Waals surface area contributed by atoms with Crippen LogP contribution in [-0.4, -0.2) is 15.0 Å². The Hall–Kier alpha value is -3.46. The molecule has 33 heavy (non-hydrogen) atoms. The minimum absolute atomic E-state index is 0. The van der Waals surface area contributed by atoms with Crippen LogP contribution in [0.25, 0.3) is 33.8 Å². The second-order valence-corrected chi connectivity index (χ2v) is 7.08. The van der Waals surface area contributed by atoms with Crippen LogP contribution in [0.2, 0.25) is 0 Å². The van der Waals surface area contributed by atoms with E-state index in [0.717, 1.165) is 33.8 Å². The maximum absolute atomic E-state index is 7.23. The van der Waals surface area contributed by atoms with Gasteiger partial charge < -0.3 is 9.97 Å². The van der Waals surface area contributed by atoms with E-state index in [-0.39, 0.29) is 25.7 Å². The zero-order valence-corrected chi connectivity index (χ0v) is 20.4. The number of benzene rings is 2. The Balaban J connectivity index is 0.000000198. The summed E-state index contributed by atoms with van der Waals surface area (Å²) >= 11 is 0. The van der Waals surface area contributed by atoms with Crippen LogP contribution >= 0.6 is 0 Å². The molecule has 3 nitrogen and oxygen atoms in total. The van der Waals surface area contributed by atoms with Crippen molar-refractivity contribution in [3.63, 3.8) is 0 Å². The minimum atomic E-state index is -2.09. The van der Waals surface area contributed by atoms with Gasteiger partial charge in [-0.2, -0.15) is 0 Å². The fraction of sp³-hybridized carbons (Fsp3) is 0.0690. The van der Waals surface area contributed by atoms with Crippen molar-refractivity contribution in [1.82, 2.24) is 15.0 Å². The van der Waals surface area contributed by atoms with Crippen LogP contribution in [0, 0.1) is 25.9 Å². The molecule has 0 N–H and O–H groups in total. The van der Waals surface area contributed by atoms with E-state index in [9.17, 15) is 0 Å². The number of aromatic nitrogens is 3. The smallest absolute Gasteiger partial charge is 0.0719 e. The van der Waals surface area contributed by atoms with E-state index in [4.69, 9.17) is 4.11 Å². The van der Waals surface area contributed by atoms with Gasteiger partial charge in [0, 0.05) is 48.4 Å². The Labute approximate surface area is 213 Å². The number of hydrogen-bond donors (Lipinski definition) is 0. The molecule has 0 amide bonds. The first-order chi connectivity index (χ1) is 16.9. The van der Waals surface area contributed by atoms with E-state index in [2.05, 4.69) is 40.1 Å². The second-order valence-electron chi connectivity index (χ2n) is 7.08. The largest absolute Gasteiger partial charge is 0.304 e. The number of nitrogens with zero attached hydrogens (tertiary/aromatic N) is 3. The molecule has 5 aromatic rings. The second kappa shape index (κ2) is 12.0. The Morgan fingerprint density at radius 1 is 0.697 bits per heavy atom. The molecule has 2 aromatic carbocycles. The van der Waals surface area contributed by atoms with Crippen molar-refractivity contribution in [3.05, 3.63) is 127 Å². The zero-order chi connectivity index (χ0) is 24.7. The molecule has 0 aliphatic heterocycles. The molecule has 0 saturated carbocycles. The maximum atomic E-state index is 7.23. The topological polar surface area (TPSA) is 38.7 Å². The van der Waals surface area contributed by atoms with Crippen LogP contribution in [0.3, 0.4) is 0 Å². The Morgan fingerprint density at radius 2 is 1.39 bits per heavy atom. The molecule has 3 heterocycles. The van der Waals surface area contributed by atoms with Gasteiger partial charge >= 0.3 is 0 Å². The quantitative estimate of drug-likeness (QED) is 0.212. The van der Waals surface area contributed by atoms with Crippen molar-refractivity contribution in [2.24, 2.45) is 0 Å².